The minimum absolute atomic E-state index is 0.00291. The third-order valence-electron chi connectivity index (χ3n) is 5.86. The molecular formula is C21H16F3N5O4S. The molecule has 5 rings (SSSR count). The van der Waals surface area contributed by atoms with Crippen molar-refractivity contribution in [2.24, 2.45) is 0 Å². The second kappa shape index (κ2) is 7.38. The number of hydrogen-bond acceptors (Lipinski definition) is 6. The number of benzene rings is 1. The van der Waals surface area contributed by atoms with Gasteiger partial charge < -0.3 is 4.90 Å². The summed E-state index contributed by atoms with van der Waals surface area (Å²) in [7, 11) is -5.54. The molecule has 1 spiro atoms. The fourth-order valence-electron chi connectivity index (χ4n) is 3.94. The van der Waals surface area contributed by atoms with Crippen LogP contribution < -0.4 is 4.90 Å². The van der Waals surface area contributed by atoms with Crippen molar-refractivity contribution >= 4 is 27.5 Å². The number of aromatic nitrogens is 3. The SMILES string of the molecule is O=C1N(c2ccc(S(=O)(=O)C(F)(F)F)cc2)C(=O)C2(CC2)N1Cc1ccnc(-n2cccn2)c1. The number of hydrogen-bond donors (Lipinski definition) is 0. The van der Waals surface area contributed by atoms with Gasteiger partial charge in [0.2, 0.25) is 0 Å². The summed E-state index contributed by atoms with van der Waals surface area (Å²) in [6.45, 7) is 0.110. The van der Waals surface area contributed by atoms with Gasteiger partial charge in [-0.15, -0.1) is 0 Å². The van der Waals surface area contributed by atoms with Gasteiger partial charge in [-0.05, 0) is 60.9 Å². The number of nitrogens with zero attached hydrogens (tertiary/aromatic N) is 5. The summed E-state index contributed by atoms with van der Waals surface area (Å²) in [6.07, 6.45) is 5.77. The minimum Gasteiger partial charge on any atom is -0.305 e. The highest BCUT2D eigenvalue weighted by atomic mass is 32.2. The molecule has 34 heavy (non-hydrogen) atoms. The van der Waals surface area contributed by atoms with Gasteiger partial charge in [-0.1, -0.05) is 0 Å². The van der Waals surface area contributed by atoms with Gasteiger partial charge in [0.15, 0.2) is 5.82 Å². The topological polar surface area (TPSA) is 105 Å². The summed E-state index contributed by atoms with van der Waals surface area (Å²) in [5.74, 6) is 0.0360. The van der Waals surface area contributed by atoms with Gasteiger partial charge >= 0.3 is 11.5 Å². The number of urea groups is 1. The summed E-state index contributed by atoms with van der Waals surface area (Å²) < 4.78 is 63.2. The second-order valence-corrected chi connectivity index (χ2v) is 9.90. The Balaban J connectivity index is 1.43. The number of carbonyl (C=O) groups is 2. The Morgan fingerprint density at radius 2 is 1.74 bits per heavy atom. The van der Waals surface area contributed by atoms with E-state index < -0.39 is 37.7 Å². The van der Waals surface area contributed by atoms with E-state index >= 15 is 0 Å². The molecule has 176 valence electrons. The number of alkyl halides is 3. The number of amides is 3. The van der Waals surface area contributed by atoms with Gasteiger partial charge in [0, 0.05) is 25.1 Å². The maximum absolute atomic E-state index is 13.2. The van der Waals surface area contributed by atoms with E-state index in [0.717, 1.165) is 29.2 Å². The van der Waals surface area contributed by atoms with E-state index in [1.807, 2.05) is 0 Å². The quantitative estimate of drug-likeness (QED) is 0.508. The first-order valence-corrected chi connectivity index (χ1v) is 11.6. The molecule has 1 aliphatic carbocycles. The molecule has 2 fully saturated rings. The Bertz CT molecular complexity index is 1380. The monoisotopic (exact) mass is 491 g/mol. The highest BCUT2D eigenvalue weighted by Gasteiger charge is 2.65. The zero-order valence-corrected chi connectivity index (χ0v) is 18.1. The lowest BCUT2D eigenvalue weighted by Gasteiger charge is -2.21. The molecule has 13 heteroatoms. The Hall–Kier alpha value is -3.74. The van der Waals surface area contributed by atoms with Crippen LogP contribution in [0.1, 0.15) is 18.4 Å². The first-order chi connectivity index (χ1) is 16.0. The van der Waals surface area contributed by atoms with E-state index in [9.17, 15) is 31.2 Å². The number of halogens is 3. The molecule has 9 nitrogen and oxygen atoms in total. The lowest BCUT2D eigenvalue weighted by molar-refractivity contribution is -0.120. The van der Waals surface area contributed by atoms with Gasteiger partial charge in [0.25, 0.3) is 15.7 Å². The molecule has 1 aromatic carbocycles. The first kappa shape index (κ1) is 22.1. The predicted octanol–water partition coefficient (Wildman–Crippen LogP) is 3.06. The summed E-state index contributed by atoms with van der Waals surface area (Å²) in [6, 6.07) is 8.07. The van der Waals surface area contributed by atoms with Crippen molar-refractivity contribution < 1.29 is 31.2 Å². The minimum atomic E-state index is -5.54. The van der Waals surface area contributed by atoms with Crippen LogP contribution >= 0.6 is 0 Å². The van der Waals surface area contributed by atoms with Crippen LogP contribution in [0, 0.1) is 0 Å². The molecule has 0 N–H and O–H groups in total. The van der Waals surface area contributed by atoms with E-state index in [2.05, 4.69) is 10.1 Å². The van der Waals surface area contributed by atoms with Crippen molar-refractivity contribution in [3.63, 3.8) is 0 Å². The van der Waals surface area contributed by atoms with Crippen LogP contribution in [0.25, 0.3) is 5.82 Å². The van der Waals surface area contributed by atoms with E-state index in [1.165, 1.54) is 4.90 Å². The molecule has 0 atom stereocenters. The van der Waals surface area contributed by atoms with Crippen LogP contribution in [0.3, 0.4) is 0 Å². The first-order valence-electron chi connectivity index (χ1n) is 10.1. The molecular weight excluding hydrogens is 475 g/mol. The Morgan fingerprint density at radius 3 is 2.32 bits per heavy atom. The number of imide groups is 1. The number of pyridine rings is 1. The Morgan fingerprint density at radius 1 is 1.03 bits per heavy atom. The van der Waals surface area contributed by atoms with E-state index in [1.54, 1.807) is 41.5 Å². The fourth-order valence-corrected chi connectivity index (χ4v) is 4.70. The van der Waals surface area contributed by atoms with Gasteiger partial charge in [0.05, 0.1) is 10.6 Å². The molecule has 1 aliphatic heterocycles. The highest BCUT2D eigenvalue weighted by molar-refractivity contribution is 7.92. The average Bonchev–Trinajstić information content (AvgIpc) is 3.35. The van der Waals surface area contributed by atoms with Crippen LogP contribution in [-0.2, 0) is 21.2 Å². The van der Waals surface area contributed by atoms with Crippen LogP contribution in [0.4, 0.5) is 23.7 Å². The number of rotatable bonds is 5. The summed E-state index contributed by atoms with van der Waals surface area (Å²) >= 11 is 0. The molecule has 2 aliphatic rings. The molecule has 3 amide bonds. The highest BCUT2D eigenvalue weighted by Crippen LogP contribution is 2.49. The lowest BCUT2D eigenvalue weighted by Crippen LogP contribution is -2.36. The largest absolute Gasteiger partial charge is 0.501 e. The van der Waals surface area contributed by atoms with Crippen molar-refractivity contribution in [1.29, 1.82) is 0 Å². The van der Waals surface area contributed by atoms with Crippen LogP contribution in [0.2, 0.25) is 0 Å². The van der Waals surface area contributed by atoms with E-state index in [-0.39, 0.29) is 12.2 Å². The zero-order chi connectivity index (χ0) is 24.3. The van der Waals surface area contributed by atoms with E-state index in [4.69, 9.17) is 0 Å². The number of sulfone groups is 1. The molecule has 1 saturated carbocycles. The van der Waals surface area contributed by atoms with Crippen molar-refractivity contribution in [2.45, 2.75) is 35.3 Å². The number of anilines is 1. The second-order valence-electron chi connectivity index (χ2n) is 7.96. The summed E-state index contributed by atoms with van der Waals surface area (Å²) in [5, 5.41) is 4.12. The Labute approximate surface area is 191 Å². The molecule has 0 unspecified atom stereocenters. The van der Waals surface area contributed by atoms with Crippen LogP contribution in [0.5, 0.6) is 0 Å². The smallest absolute Gasteiger partial charge is 0.305 e. The molecule has 0 bridgehead atoms. The fraction of sp³-hybridized carbons (Fsp3) is 0.238. The van der Waals surface area contributed by atoms with Crippen LogP contribution in [-0.4, -0.2) is 51.1 Å². The standard InChI is InChI=1S/C21H16F3N5O4S/c22-21(23,24)34(32,33)16-4-2-15(3-5-16)29-18(30)20(7-8-20)27(19(29)31)13-14-6-10-25-17(12-14)28-11-1-9-26-28/h1-6,9-12H,7-8,13H2. The summed E-state index contributed by atoms with van der Waals surface area (Å²) in [5.41, 5.74) is -5.77. The molecule has 0 radical (unpaired) electrons. The average molecular weight is 491 g/mol. The van der Waals surface area contributed by atoms with E-state index in [0.29, 0.717) is 24.2 Å². The zero-order valence-electron chi connectivity index (χ0n) is 17.3. The molecule has 3 aromatic rings. The maximum atomic E-state index is 13.2. The van der Waals surface area contributed by atoms with Crippen molar-refractivity contribution in [1.82, 2.24) is 19.7 Å². The number of carbonyl (C=O) groups excluding carboxylic acids is 2. The van der Waals surface area contributed by atoms with Crippen molar-refractivity contribution in [3.8, 4) is 5.82 Å². The lowest BCUT2D eigenvalue weighted by atomic mass is 10.2. The van der Waals surface area contributed by atoms with Gasteiger partial charge in [0.1, 0.15) is 5.54 Å². The van der Waals surface area contributed by atoms with Crippen molar-refractivity contribution in [3.05, 3.63) is 66.6 Å². The van der Waals surface area contributed by atoms with Gasteiger partial charge in [-0.3, -0.25) is 4.79 Å². The van der Waals surface area contributed by atoms with Crippen molar-refractivity contribution in [2.75, 3.05) is 4.90 Å². The normalized spacial score (nSPS) is 17.6. The summed E-state index contributed by atoms with van der Waals surface area (Å²) in [4.78, 5) is 31.9. The van der Waals surface area contributed by atoms with Gasteiger partial charge in [-0.2, -0.15) is 18.3 Å². The Kier molecular flexibility index (Phi) is 4.79. The molecule has 1 saturated heterocycles. The third kappa shape index (κ3) is 3.34. The molecule has 3 heterocycles. The van der Waals surface area contributed by atoms with Crippen LogP contribution in [0.15, 0.2) is 66.0 Å². The maximum Gasteiger partial charge on any atom is 0.501 e. The molecule has 2 aromatic heterocycles. The third-order valence-corrected chi connectivity index (χ3v) is 7.37. The van der Waals surface area contributed by atoms with Gasteiger partial charge in [-0.25, -0.2) is 27.8 Å². The predicted molar refractivity (Wildman–Crippen MR) is 111 cm³/mol.